The summed E-state index contributed by atoms with van der Waals surface area (Å²) in [6, 6.07) is 0.948. The molecule has 78 valence electrons. The Morgan fingerprint density at radius 2 is 2.36 bits per heavy atom. The molecule has 1 saturated carbocycles. The summed E-state index contributed by atoms with van der Waals surface area (Å²) in [5.41, 5.74) is 0. The van der Waals surface area contributed by atoms with Crippen molar-refractivity contribution in [2.45, 2.75) is 32.2 Å². The van der Waals surface area contributed by atoms with Crippen LogP contribution in [0.3, 0.4) is 0 Å². The van der Waals surface area contributed by atoms with Crippen molar-refractivity contribution in [1.29, 1.82) is 0 Å². The molecule has 0 aromatic carbocycles. The maximum absolute atomic E-state index is 5.56. The average Bonchev–Trinajstić information content (AvgIpc) is 2.92. The highest BCUT2D eigenvalue weighted by Crippen LogP contribution is 2.33. The van der Waals surface area contributed by atoms with E-state index >= 15 is 0 Å². The number of nitrogens with one attached hydrogen (secondary N) is 1. The molecular weight excluding hydrogens is 202 g/mol. The monoisotopic (exact) mass is 215 g/mol. The van der Waals surface area contributed by atoms with Crippen LogP contribution in [-0.2, 0) is 6.42 Å². The Balaban J connectivity index is 1.88. The van der Waals surface area contributed by atoms with Gasteiger partial charge < -0.3 is 9.73 Å². The SMILES string of the molecule is CC(Nc1nnc(CCCl)o1)C1CC1. The molecule has 1 fully saturated rings. The first-order chi connectivity index (χ1) is 6.79. The molecule has 0 saturated heterocycles. The lowest BCUT2D eigenvalue weighted by Gasteiger charge is -2.08. The van der Waals surface area contributed by atoms with Crippen molar-refractivity contribution in [3.05, 3.63) is 5.89 Å². The van der Waals surface area contributed by atoms with Gasteiger partial charge >= 0.3 is 6.01 Å². The van der Waals surface area contributed by atoms with Crippen LogP contribution in [0.25, 0.3) is 0 Å². The summed E-state index contributed by atoms with van der Waals surface area (Å²) < 4.78 is 5.35. The molecule has 1 N–H and O–H groups in total. The molecular formula is C9H14ClN3O. The van der Waals surface area contributed by atoms with E-state index in [9.17, 15) is 0 Å². The topological polar surface area (TPSA) is 51.0 Å². The van der Waals surface area contributed by atoms with Crippen LogP contribution in [0, 0.1) is 5.92 Å². The zero-order chi connectivity index (χ0) is 9.97. The van der Waals surface area contributed by atoms with Crippen LogP contribution in [0.2, 0.25) is 0 Å². The van der Waals surface area contributed by atoms with E-state index in [0.717, 1.165) is 5.92 Å². The van der Waals surface area contributed by atoms with Gasteiger partial charge in [0.2, 0.25) is 5.89 Å². The second kappa shape index (κ2) is 4.17. The van der Waals surface area contributed by atoms with Gasteiger partial charge in [-0.1, -0.05) is 5.10 Å². The summed E-state index contributed by atoms with van der Waals surface area (Å²) in [4.78, 5) is 0. The van der Waals surface area contributed by atoms with E-state index in [1.165, 1.54) is 12.8 Å². The molecule has 0 spiro atoms. The summed E-state index contributed by atoms with van der Waals surface area (Å²) in [6.45, 7) is 2.14. The van der Waals surface area contributed by atoms with Gasteiger partial charge in [0.25, 0.3) is 0 Å². The molecule has 1 aliphatic rings. The fourth-order valence-corrected chi connectivity index (χ4v) is 1.56. The summed E-state index contributed by atoms with van der Waals surface area (Å²) in [7, 11) is 0. The molecule has 2 rings (SSSR count). The molecule has 5 heteroatoms. The van der Waals surface area contributed by atoms with Gasteiger partial charge in [-0.25, -0.2) is 0 Å². The van der Waals surface area contributed by atoms with Gasteiger partial charge in [0.15, 0.2) is 0 Å². The standard InChI is InChI=1S/C9H14ClN3O/c1-6(7-2-3-7)11-9-13-12-8(14-9)4-5-10/h6-7H,2-5H2,1H3,(H,11,13). The van der Waals surface area contributed by atoms with Crippen LogP contribution in [0.4, 0.5) is 6.01 Å². The number of halogens is 1. The fraction of sp³-hybridized carbons (Fsp3) is 0.778. The zero-order valence-corrected chi connectivity index (χ0v) is 8.92. The molecule has 1 aliphatic carbocycles. The highest BCUT2D eigenvalue weighted by Gasteiger charge is 2.28. The summed E-state index contributed by atoms with van der Waals surface area (Å²) in [6.07, 6.45) is 3.24. The van der Waals surface area contributed by atoms with E-state index in [-0.39, 0.29) is 0 Å². The van der Waals surface area contributed by atoms with Crippen LogP contribution >= 0.6 is 11.6 Å². The molecule has 14 heavy (non-hydrogen) atoms. The van der Waals surface area contributed by atoms with E-state index in [2.05, 4.69) is 22.4 Å². The van der Waals surface area contributed by atoms with Gasteiger partial charge in [-0.3, -0.25) is 0 Å². The minimum atomic E-state index is 0.430. The zero-order valence-electron chi connectivity index (χ0n) is 8.16. The minimum Gasteiger partial charge on any atom is -0.408 e. The number of alkyl halides is 1. The first-order valence-electron chi connectivity index (χ1n) is 4.94. The predicted molar refractivity (Wildman–Crippen MR) is 54.5 cm³/mol. The van der Waals surface area contributed by atoms with Crippen LogP contribution in [0.15, 0.2) is 4.42 Å². The van der Waals surface area contributed by atoms with Crippen LogP contribution < -0.4 is 5.32 Å². The normalized spacial score (nSPS) is 18.1. The molecule has 1 atom stereocenters. The molecule has 4 nitrogen and oxygen atoms in total. The van der Waals surface area contributed by atoms with E-state index in [1.54, 1.807) is 0 Å². The predicted octanol–water partition coefficient (Wildman–Crippen LogP) is 2.06. The van der Waals surface area contributed by atoms with Crippen molar-refractivity contribution in [2.75, 3.05) is 11.2 Å². The highest BCUT2D eigenvalue weighted by atomic mass is 35.5. The van der Waals surface area contributed by atoms with Crippen molar-refractivity contribution in [1.82, 2.24) is 10.2 Å². The number of anilines is 1. The van der Waals surface area contributed by atoms with Crippen molar-refractivity contribution in [3.63, 3.8) is 0 Å². The molecule has 0 radical (unpaired) electrons. The first-order valence-corrected chi connectivity index (χ1v) is 5.48. The summed E-state index contributed by atoms with van der Waals surface area (Å²) in [5, 5.41) is 11.0. The van der Waals surface area contributed by atoms with Crippen molar-refractivity contribution < 1.29 is 4.42 Å². The third-order valence-electron chi connectivity index (χ3n) is 2.46. The van der Waals surface area contributed by atoms with Crippen molar-refractivity contribution >= 4 is 17.6 Å². The second-order valence-electron chi connectivity index (χ2n) is 3.71. The smallest absolute Gasteiger partial charge is 0.315 e. The molecule has 0 aliphatic heterocycles. The molecule has 0 amide bonds. The van der Waals surface area contributed by atoms with Crippen LogP contribution in [0.1, 0.15) is 25.7 Å². The van der Waals surface area contributed by atoms with Gasteiger partial charge in [-0.15, -0.1) is 16.7 Å². The Morgan fingerprint density at radius 1 is 1.57 bits per heavy atom. The summed E-state index contributed by atoms with van der Waals surface area (Å²) in [5.74, 6) is 1.89. The van der Waals surface area contributed by atoms with Gasteiger partial charge in [0.1, 0.15) is 0 Å². The maximum atomic E-state index is 5.56. The Kier molecular flexibility index (Phi) is 2.91. The maximum Gasteiger partial charge on any atom is 0.315 e. The van der Waals surface area contributed by atoms with Crippen LogP contribution in [0.5, 0.6) is 0 Å². The Bertz CT molecular complexity index is 298. The second-order valence-corrected chi connectivity index (χ2v) is 4.09. The van der Waals surface area contributed by atoms with E-state index in [1.807, 2.05) is 0 Å². The third-order valence-corrected chi connectivity index (χ3v) is 2.64. The number of hydrogen-bond donors (Lipinski definition) is 1. The van der Waals surface area contributed by atoms with Gasteiger partial charge in [-0.05, 0) is 25.7 Å². The summed E-state index contributed by atoms with van der Waals surface area (Å²) >= 11 is 5.56. The Morgan fingerprint density at radius 3 is 3.00 bits per heavy atom. The van der Waals surface area contributed by atoms with Gasteiger partial charge in [0, 0.05) is 18.3 Å². The molecule has 0 bridgehead atoms. The Hall–Kier alpha value is -0.770. The van der Waals surface area contributed by atoms with Crippen molar-refractivity contribution in [3.8, 4) is 0 Å². The van der Waals surface area contributed by atoms with E-state index in [4.69, 9.17) is 16.0 Å². The van der Waals surface area contributed by atoms with Crippen LogP contribution in [-0.4, -0.2) is 22.1 Å². The number of aromatic nitrogens is 2. The van der Waals surface area contributed by atoms with E-state index < -0.39 is 0 Å². The fourth-order valence-electron chi connectivity index (χ4n) is 1.40. The third kappa shape index (κ3) is 2.38. The Labute approximate surface area is 88.0 Å². The number of aryl methyl sites for hydroxylation is 1. The lowest BCUT2D eigenvalue weighted by atomic mass is 10.2. The largest absolute Gasteiger partial charge is 0.408 e. The quantitative estimate of drug-likeness (QED) is 0.764. The molecule has 1 heterocycles. The highest BCUT2D eigenvalue weighted by molar-refractivity contribution is 6.17. The lowest BCUT2D eigenvalue weighted by molar-refractivity contribution is 0.502. The van der Waals surface area contributed by atoms with E-state index in [0.29, 0.717) is 30.2 Å². The molecule has 1 aromatic heterocycles. The van der Waals surface area contributed by atoms with Crippen molar-refractivity contribution in [2.24, 2.45) is 5.92 Å². The first kappa shape index (κ1) is 9.77. The number of hydrogen-bond acceptors (Lipinski definition) is 4. The number of nitrogens with zero attached hydrogens (tertiary/aromatic N) is 2. The minimum absolute atomic E-state index is 0.430. The van der Waals surface area contributed by atoms with Gasteiger partial charge in [-0.2, -0.15) is 0 Å². The average molecular weight is 216 g/mol. The lowest BCUT2D eigenvalue weighted by Crippen LogP contribution is -2.17. The van der Waals surface area contributed by atoms with Gasteiger partial charge in [0.05, 0.1) is 0 Å². The number of rotatable bonds is 5. The molecule has 1 aromatic rings. The molecule has 1 unspecified atom stereocenters.